The van der Waals surface area contributed by atoms with Crippen LogP contribution in [0.15, 0.2) is 48.7 Å². The molecule has 2 heterocycles. The summed E-state index contributed by atoms with van der Waals surface area (Å²) in [6, 6.07) is 13.3. The summed E-state index contributed by atoms with van der Waals surface area (Å²) in [7, 11) is 2.13. The largest absolute Gasteiger partial charge is 0.488 e. The Morgan fingerprint density at radius 3 is 2.74 bits per heavy atom. The molecule has 0 radical (unpaired) electrons. The average Bonchev–Trinajstić information content (AvgIpc) is 2.69. The van der Waals surface area contributed by atoms with Crippen molar-refractivity contribution >= 4 is 11.7 Å². The Labute approximate surface area is 160 Å². The lowest BCUT2D eigenvalue weighted by molar-refractivity contribution is 0.115. The highest BCUT2D eigenvalue weighted by Crippen LogP contribution is 2.27. The number of urea groups is 1. The van der Waals surface area contributed by atoms with E-state index < -0.39 is 0 Å². The van der Waals surface area contributed by atoms with E-state index >= 15 is 0 Å². The third-order valence-electron chi connectivity index (χ3n) is 4.72. The van der Waals surface area contributed by atoms with E-state index in [9.17, 15) is 4.79 Å². The van der Waals surface area contributed by atoms with E-state index in [1.165, 1.54) is 0 Å². The van der Waals surface area contributed by atoms with Gasteiger partial charge in [0.2, 0.25) is 0 Å². The molecule has 2 amide bonds. The fourth-order valence-electron chi connectivity index (χ4n) is 3.14. The molecular weight excluding hydrogens is 340 g/mol. The number of carbonyl (C=O) groups excluding carboxylic acids is 1. The summed E-state index contributed by atoms with van der Waals surface area (Å²) in [6.07, 6.45) is 5.69. The number of nitrogens with zero attached hydrogens (tertiary/aromatic N) is 2. The highest BCUT2D eigenvalue weighted by atomic mass is 16.5. The van der Waals surface area contributed by atoms with Gasteiger partial charge in [-0.15, -0.1) is 0 Å². The number of benzene rings is 1. The molecule has 2 aromatic rings. The highest BCUT2D eigenvalue weighted by molar-refractivity contribution is 5.90. The van der Waals surface area contributed by atoms with Gasteiger partial charge in [0.15, 0.2) is 0 Å². The number of likely N-dealkylation sites (tertiary alicyclic amines) is 1. The predicted molar refractivity (Wildman–Crippen MR) is 107 cm³/mol. The molecule has 1 fully saturated rings. The summed E-state index contributed by atoms with van der Waals surface area (Å²) >= 11 is 0. The van der Waals surface area contributed by atoms with Gasteiger partial charge in [-0.3, -0.25) is 4.98 Å². The van der Waals surface area contributed by atoms with Crippen molar-refractivity contribution in [2.75, 3.05) is 32.0 Å². The van der Waals surface area contributed by atoms with Gasteiger partial charge in [0, 0.05) is 31.5 Å². The summed E-state index contributed by atoms with van der Waals surface area (Å²) in [5.74, 6) is 0.732. The molecule has 1 aliphatic rings. The van der Waals surface area contributed by atoms with Crippen LogP contribution < -0.4 is 15.4 Å². The number of anilines is 1. The molecule has 1 saturated heterocycles. The van der Waals surface area contributed by atoms with Crippen LogP contribution in [-0.2, 0) is 6.42 Å². The van der Waals surface area contributed by atoms with Crippen LogP contribution in [0.1, 0.15) is 25.0 Å². The second kappa shape index (κ2) is 9.92. The molecule has 1 aromatic heterocycles. The quantitative estimate of drug-likeness (QED) is 0.736. The minimum absolute atomic E-state index is 0.200. The number of pyridine rings is 1. The Hall–Kier alpha value is -2.60. The minimum Gasteiger partial charge on any atom is -0.488 e. The van der Waals surface area contributed by atoms with E-state index in [0.29, 0.717) is 12.2 Å². The summed E-state index contributed by atoms with van der Waals surface area (Å²) in [4.78, 5) is 18.8. The number of amides is 2. The van der Waals surface area contributed by atoms with Crippen LogP contribution in [0, 0.1) is 0 Å². The SMILES string of the molecule is CN1CCC(Oc2ccccc2NC(=O)NCCCc2ccccn2)CC1. The Balaban J connectivity index is 1.44. The summed E-state index contributed by atoms with van der Waals surface area (Å²) in [6.45, 7) is 2.68. The normalized spacial score (nSPS) is 15.3. The number of aromatic nitrogens is 1. The van der Waals surface area contributed by atoms with Crippen molar-refractivity contribution in [2.45, 2.75) is 31.8 Å². The van der Waals surface area contributed by atoms with E-state index in [4.69, 9.17) is 4.74 Å². The van der Waals surface area contributed by atoms with E-state index in [0.717, 1.165) is 50.2 Å². The van der Waals surface area contributed by atoms with Crippen molar-refractivity contribution in [3.8, 4) is 5.75 Å². The van der Waals surface area contributed by atoms with E-state index in [-0.39, 0.29) is 12.1 Å². The van der Waals surface area contributed by atoms with Crippen LogP contribution >= 0.6 is 0 Å². The second-order valence-electron chi connectivity index (χ2n) is 6.92. The van der Waals surface area contributed by atoms with Crippen molar-refractivity contribution in [3.63, 3.8) is 0 Å². The number of carbonyl (C=O) groups is 1. The number of nitrogens with one attached hydrogen (secondary N) is 2. The van der Waals surface area contributed by atoms with Gasteiger partial charge in [0.1, 0.15) is 11.9 Å². The van der Waals surface area contributed by atoms with E-state index in [1.54, 1.807) is 6.20 Å². The standard InChI is InChI=1S/C21H28N4O2/c1-25-15-11-18(12-16-25)27-20-10-3-2-9-19(20)24-21(26)23-14-6-8-17-7-4-5-13-22-17/h2-5,7,9-10,13,18H,6,8,11-12,14-16H2,1H3,(H2,23,24,26). The first-order chi connectivity index (χ1) is 13.2. The van der Waals surface area contributed by atoms with Gasteiger partial charge in [0.05, 0.1) is 5.69 Å². The third kappa shape index (κ3) is 6.25. The molecule has 0 bridgehead atoms. The smallest absolute Gasteiger partial charge is 0.319 e. The molecule has 6 heteroatoms. The van der Waals surface area contributed by atoms with Crippen molar-refractivity contribution < 1.29 is 9.53 Å². The van der Waals surface area contributed by atoms with Crippen molar-refractivity contribution in [1.82, 2.24) is 15.2 Å². The zero-order valence-electron chi connectivity index (χ0n) is 15.9. The van der Waals surface area contributed by atoms with Crippen LogP contribution in [0.25, 0.3) is 0 Å². The highest BCUT2D eigenvalue weighted by Gasteiger charge is 2.19. The van der Waals surface area contributed by atoms with Crippen LogP contribution in [0.4, 0.5) is 10.5 Å². The number of hydrogen-bond acceptors (Lipinski definition) is 4. The summed E-state index contributed by atoms with van der Waals surface area (Å²) in [5.41, 5.74) is 1.75. The van der Waals surface area contributed by atoms with Gasteiger partial charge in [-0.1, -0.05) is 18.2 Å². The number of rotatable bonds is 7. The Kier molecular flexibility index (Phi) is 7.04. The number of aryl methyl sites for hydroxylation is 1. The van der Waals surface area contributed by atoms with Crippen molar-refractivity contribution in [2.24, 2.45) is 0 Å². The van der Waals surface area contributed by atoms with E-state index in [1.807, 2.05) is 42.5 Å². The molecule has 0 saturated carbocycles. The molecule has 1 aliphatic heterocycles. The fraction of sp³-hybridized carbons (Fsp3) is 0.429. The molecule has 6 nitrogen and oxygen atoms in total. The number of ether oxygens (including phenoxy) is 1. The molecule has 0 unspecified atom stereocenters. The second-order valence-corrected chi connectivity index (χ2v) is 6.92. The molecular formula is C21H28N4O2. The van der Waals surface area contributed by atoms with Gasteiger partial charge in [0.25, 0.3) is 0 Å². The molecule has 3 rings (SSSR count). The maximum Gasteiger partial charge on any atom is 0.319 e. The lowest BCUT2D eigenvalue weighted by atomic mass is 10.1. The topological polar surface area (TPSA) is 66.5 Å². The lowest BCUT2D eigenvalue weighted by Crippen LogP contribution is -2.36. The van der Waals surface area contributed by atoms with Gasteiger partial charge in [-0.05, 0) is 57.0 Å². The maximum atomic E-state index is 12.2. The van der Waals surface area contributed by atoms with E-state index in [2.05, 4.69) is 27.6 Å². The fourth-order valence-corrected chi connectivity index (χ4v) is 3.14. The Morgan fingerprint density at radius 1 is 1.19 bits per heavy atom. The lowest BCUT2D eigenvalue weighted by Gasteiger charge is -2.29. The number of hydrogen-bond donors (Lipinski definition) is 2. The molecule has 2 N–H and O–H groups in total. The van der Waals surface area contributed by atoms with Crippen molar-refractivity contribution in [3.05, 3.63) is 54.4 Å². The molecule has 0 spiro atoms. The first-order valence-corrected chi connectivity index (χ1v) is 9.60. The number of piperidine rings is 1. The zero-order chi connectivity index (χ0) is 18.9. The van der Waals surface area contributed by atoms with Crippen LogP contribution in [0.2, 0.25) is 0 Å². The monoisotopic (exact) mass is 368 g/mol. The first kappa shape index (κ1) is 19.2. The summed E-state index contributed by atoms with van der Waals surface area (Å²) < 4.78 is 6.14. The van der Waals surface area contributed by atoms with Crippen LogP contribution in [0.5, 0.6) is 5.75 Å². The molecule has 0 aliphatic carbocycles. The average molecular weight is 368 g/mol. The zero-order valence-corrected chi connectivity index (χ0v) is 15.9. The van der Waals surface area contributed by atoms with Crippen molar-refractivity contribution in [1.29, 1.82) is 0 Å². The van der Waals surface area contributed by atoms with Crippen LogP contribution in [0.3, 0.4) is 0 Å². The maximum absolute atomic E-state index is 12.2. The summed E-state index contributed by atoms with van der Waals surface area (Å²) in [5, 5.41) is 5.80. The van der Waals surface area contributed by atoms with Gasteiger partial charge in [-0.2, -0.15) is 0 Å². The molecule has 0 atom stereocenters. The molecule has 144 valence electrons. The van der Waals surface area contributed by atoms with Gasteiger partial charge in [-0.25, -0.2) is 4.79 Å². The van der Waals surface area contributed by atoms with Gasteiger partial charge < -0.3 is 20.3 Å². The third-order valence-corrected chi connectivity index (χ3v) is 4.72. The minimum atomic E-state index is -0.213. The van der Waals surface area contributed by atoms with Crippen LogP contribution in [-0.4, -0.2) is 48.7 Å². The Bertz CT molecular complexity index is 715. The first-order valence-electron chi connectivity index (χ1n) is 9.60. The number of para-hydroxylation sites is 2. The van der Waals surface area contributed by atoms with Gasteiger partial charge >= 0.3 is 6.03 Å². The molecule has 1 aromatic carbocycles. The predicted octanol–water partition coefficient (Wildman–Crippen LogP) is 3.31. The Morgan fingerprint density at radius 2 is 1.96 bits per heavy atom. The molecule has 27 heavy (non-hydrogen) atoms.